The van der Waals surface area contributed by atoms with Gasteiger partial charge in [0.1, 0.15) is 18.0 Å². The van der Waals surface area contributed by atoms with Crippen LogP contribution in [0.3, 0.4) is 0 Å². The van der Waals surface area contributed by atoms with E-state index >= 15 is 0 Å². The first-order valence-corrected chi connectivity index (χ1v) is 11.8. The van der Waals surface area contributed by atoms with E-state index in [4.69, 9.17) is 23.7 Å². The van der Waals surface area contributed by atoms with E-state index < -0.39 is 54.4 Å². The number of rotatable bonds is 14. The van der Waals surface area contributed by atoms with E-state index in [9.17, 15) is 27.6 Å². The molecule has 0 spiro atoms. The molecule has 9 nitrogen and oxygen atoms in total. The quantitative estimate of drug-likeness (QED) is 0.135. The second-order valence-electron chi connectivity index (χ2n) is 8.46. The van der Waals surface area contributed by atoms with Crippen LogP contribution in [0, 0.1) is 5.92 Å². The molecule has 3 atom stereocenters. The van der Waals surface area contributed by atoms with Crippen molar-refractivity contribution in [3.05, 3.63) is 60.4 Å². The SMILES string of the molecule is C=CC[C@@H](Oc1ccc(C(F)(F)F)cc1)[C@H](C)OC(=O)[C@H](C)CC(=O)c1nccc(OC)c1OCOC(C)=O. The molecule has 0 aliphatic carbocycles. The lowest BCUT2D eigenvalue weighted by atomic mass is 10.0. The van der Waals surface area contributed by atoms with Crippen molar-refractivity contribution in [2.24, 2.45) is 5.92 Å². The van der Waals surface area contributed by atoms with Gasteiger partial charge in [-0.1, -0.05) is 13.0 Å². The summed E-state index contributed by atoms with van der Waals surface area (Å²) in [4.78, 5) is 40.8. The number of alkyl halides is 3. The Bertz CT molecular complexity index is 1150. The summed E-state index contributed by atoms with van der Waals surface area (Å²) in [6, 6.07) is 5.59. The second-order valence-corrected chi connectivity index (χ2v) is 8.46. The Morgan fingerprint density at radius 1 is 1.10 bits per heavy atom. The predicted octanol–water partition coefficient (Wildman–Crippen LogP) is 5.17. The minimum atomic E-state index is -4.48. The van der Waals surface area contributed by atoms with Crippen LogP contribution in [-0.4, -0.2) is 48.8 Å². The Morgan fingerprint density at radius 2 is 1.77 bits per heavy atom. The van der Waals surface area contributed by atoms with Crippen molar-refractivity contribution >= 4 is 17.7 Å². The maximum Gasteiger partial charge on any atom is 0.416 e. The van der Waals surface area contributed by atoms with Crippen LogP contribution in [0.1, 0.15) is 49.7 Å². The molecule has 0 bridgehead atoms. The summed E-state index contributed by atoms with van der Waals surface area (Å²) in [5.41, 5.74) is -0.942. The Kier molecular flexibility index (Phi) is 11.3. The number of carbonyl (C=O) groups is 3. The van der Waals surface area contributed by atoms with Crippen LogP contribution in [0.2, 0.25) is 0 Å². The fourth-order valence-corrected chi connectivity index (χ4v) is 3.33. The van der Waals surface area contributed by atoms with Gasteiger partial charge in [-0.05, 0) is 31.2 Å². The second kappa shape index (κ2) is 14.2. The van der Waals surface area contributed by atoms with Gasteiger partial charge in [0.25, 0.3) is 0 Å². The monoisotopic (exact) mass is 553 g/mol. The molecule has 0 aliphatic rings. The molecule has 0 saturated carbocycles. The summed E-state index contributed by atoms with van der Waals surface area (Å²) >= 11 is 0. The number of ketones is 1. The molecule has 1 heterocycles. The summed E-state index contributed by atoms with van der Waals surface area (Å²) in [7, 11) is 1.36. The number of benzene rings is 1. The number of Topliss-reactive ketones (excluding diaryl/α,β-unsaturated/α-hetero) is 1. The Labute approximate surface area is 223 Å². The highest BCUT2D eigenvalue weighted by Crippen LogP contribution is 2.32. The summed E-state index contributed by atoms with van der Waals surface area (Å²) in [5.74, 6) is -2.45. The summed E-state index contributed by atoms with van der Waals surface area (Å²) in [6.07, 6.45) is -3.25. The van der Waals surface area contributed by atoms with Gasteiger partial charge in [0, 0.05) is 32.0 Å². The topological polar surface area (TPSA) is 110 Å². The van der Waals surface area contributed by atoms with Crippen LogP contribution in [0.25, 0.3) is 0 Å². The average molecular weight is 554 g/mol. The zero-order valence-corrected chi connectivity index (χ0v) is 21.9. The number of pyridine rings is 1. The molecule has 0 N–H and O–H groups in total. The molecule has 1 aromatic carbocycles. The third-order valence-corrected chi connectivity index (χ3v) is 5.41. The lowest BCUT2D eigenvalue weighted by Crippen LogP contribution is -2.35. The van der Waals surface area contributed by atoms with Crippen molar-refractivity contribution in [3.8, 4) is 17.2 Å². The van der Waals surface area contributed by atoms with Gasteiger partial charge in [-0.25, -0.2) is 4.98 Å². The first kappa shape index (κ1) is 31.1. The molecule has 39 heavy (non-hydrogen) atoms. The summed E-state index contributed by atoms with van der Waals surface area (Å²) in [6.45, 7) is 7.41. The average Bonchev–Trinajstić information content (AvgIpc) is 2.87. The number of carbonyl (C=O) groups excluding carboxylic acids is 3. The van der Waals surface area contributed by atoms with Crippen molar-refractivity contribution in [1.29, 1.82) is 0 Å². The molecule has 0 unspecified atom stereocenters. The number of esters is 2. The highest BCUT2D eigenvalue weighted by molar-refractivity contribution is 5.99. The van der Waals surface area contributed by atoms with Gasteiger partial charge < -0.3 is 23.7 Å². The highest BCUT2D eigenvalue weighted by Gasteiger charge is 2.31. The first-order chi connectivity index (χ1) is 18.4. The van der Waals surface area contributed by atoms with E-state index in [0.29, 0.717) is 0 Å². The number of halogens is 3. The Balaban J connectivity index is 2.06. The van der Waals surface area contributed by atoms with Gasteiger partial charge in [-0.2, -0.15) is 13.2 Å². The molecule has 2 rings (SSSR count). The zero-order valence-electron chi connectivity index (χ0n) is 21.9. The number of hydrogen-bond acceptors (Lipinski definition) is 9. The van der Waals surface area contributed by atoms with Crippen LogP contribution in [0.4, 0.5) is 13.2 Å². The maximum atomic E-state index is 13.0. The standard InChI is InChI=1S/C27H30F3NO8/c1-6-7-22(39-20-10-8-19(9-11-20)27(28,29)30)17(3)38-26(34)16(2)14-21(33)24-25(37-15-36-18(4)32)23(35-5)12-13-31-24/h6,8-13,16-17,22H,1,7,14-15H2,2-5H3/t16-,17+,22-/m1/s1. The molecule has 0 aliphatic heterocycles. The van der Waals surface area contributed by atoms with Crippen LogP contribution < -0.4 is 14.2 Å². The van der Waals surface area contributed by atoms with Crippen molar-refractivity contribution in [2.45, 2.75) is 52.0 Å². The van der Waals surface area contributed by atoms with Gasteiger partial charge in [-0.3, -0.25) is 14.4 Å². The van der Waals surface area contributed by atoms with Crippen LogP contribution in [0.15, 0.2) is 49.2 Å². The Hall–Kier alpha value is -4.09. The number of ether oxygens (including phenoxy) is 5. The minimum absolute atomic E-state index is 0.0452. The van der Waals surface area contributed by atoms with E-state index in [0.717, 1.165) is 12.1 Å². The molecule has 1 aromatic heterocycles. The van der Waals surface area contributed by atoms with Crippen molar-refractivity contribution in [3.63, 3.8) is 0 Å². The van der Waals surface area contributed by atoms with Gasteiger partial charge in [0.05, 0.1) is 18.6 Å². The molecule has 0 saturated heterocycles. The highest BCUT2D eigenvalue weighted by atomic mass is 19.4. The maximum absolute atomic E-state index is 13.0. The zero-order chi connectivity index (χ0) is 29.2. The molecule has 212 valence electrons. The van der Waals surface area contributed by atoms with E-state index in [2.05, 4.69) is 11.6 Å². The Morgan fingerprint density at radius 3 is 2.33 bits per heavy atom. The van der Waals surface area contributed by atoms with Crippen LogP contribution in [0.5, 0.6) is 17.2 Å². The summed E-state index contributed by atoms with van der Waals surface area (Å²) < 4.78 is 65.0. The molecule has 0 fully saturated rings. The number of aromatic nitrogens is 1. The van der Waals surface area contributed by atoms with Crippen molar-refractivity contribution < 1.29 is 51.2 Å². The fraction of sp³-hybridized carbons (Fsp3) is 0.407. The fourth-order valence-electron chi connectivity index (χ4n) is 3.33. The third kappa shape index (κ3) is 9.31. The minimum Gasteiger partial charge on any atom is -0.493 e. The van der Waals surface area contributed by atoms with Crippen molar-refractivity contribution in [2.75, 3.05) is 13.9 Å². The number of hydrogen-bond donors (Lipinski definition) is 0. The van der Waals surface area contributed by atoms with E-state index in [1.54, 1.807) is 6.92 Å². The molecule has 0 amide bonds. The predicted molar refractivity (Wildman–Crippen MR) is 132 cm³/mol. The van der Waals surface area contributed by atoms with E-state index in [1.807, 2.05) is 0 Å². The lowest BCUT2D eigenvalue weighted by Gasteiger charge is -2.25. The van der Waals surface area contributed by atoms with Gasteiger partial charge in [0.2, 0.25) is 6.79 Å². The smallest absolute Gasteiger partial charge is 0.416 e. The third-order valence-electron chi connectivity index (χ3n) is 5.41. The lowest BCUT2D eigenvalue weighted by molar-refractivity contribution is -0.157. The van der Waals surface area contributed by atoms with Gasteiger partial charge in [-0.15, -0.1) is 6.58 Å². The van der Waals surface area contributed by atoms with Crippen molar-refractivity contribution in [1.82, 2.24) is 4.98 Å². The van der Waals surface area contributed by atoms with E-state index in [1.165, 1.54) is 51.4 Å². The normalized spacial score (nSPS) is 13.4. The van der Waals surface area contributed by atoms with Crippen LogP contribution >= 0.6 is 0 Å². The molecule has 0 radical (unpaired) electrons. The van der Waals surface area contributed by atoms with Gasteiger partial charge in [0.15, 0.2) is 23.0 Å². The number of nitrogens with zero attached hydrogens (tertiary/aromatic N) is 1. The molecular weight excluding hydrogens is 523 g/mol. The molecular formula is C27H30F3NO8. The molecule has 2 aromatic rings. The first-order valence-electron chi connectivity index (χ1n) is 11.8. The van der Waals surface area contributed by atoms with Gasteiger partial charge >= 0.3 is 18.1 Å². The van der Waals surface area contributed by atoms with E-state index in [-0.39, 0.29) is 35.8 Å². The largest absolute Gasteiger partial charge is 0.493 e. The number of methoxy groups -OCH3 is 1. The summed E-state index contributed by atoms with van der Waals surface area (Å²) in [5, 5.41) is 0. The molecule has 12 heteroatoms. The van der Waals surface area contributed by atoms with Crippen LogP contribution in [-0.2, 0) is 25.2 Å².